The van der Waals surface area contributed by atoms with Gasteiger partial charge in [-0.1, -0.05) is 0 Å². The lowest BCUT2D eigenvalue weighted by Crippen LogP contribution is -2.51. The van der Waals surface area contributed by atoms with Crippen LogP contribution < -0.4 is 5.73 Å². The molecule has 2 rings (SSSR count). The SMILES string of the molecule is CC(N)C1CN(CC(=O)N(C)Cc2ccsc2)CCO1. The molecule has 5 nitrogen and oxygen atoms in total. The average molecular weight is 297 g/mol. The Labute approximate surface area is 124 Å². The van der Waals surface area contributed by atoms with E-state index in [1.54, 1.807) is 16.2 Å². The summed E-state index contributed by atoms with van der Waals surface area (Å²) in [5.74, 6) is 0.140. The van der Waals surface area contributed by atoms with Crippen LogP contribution in [0.15, 0.2) is 16.8 Å². The van der Waals surface area contributed by atoms with Crippen LogP contribution in [0.3, 0.4) is 0 Å². The topological polar surface area (TPSA) is 58.8 Å². The van der Waals surface area contributed by atoms with Crippen molar-refractivity contribution in [3.05, 3.63) is 22.4 Å². The number of hydrogen-bond donors (Lipinski definition) is 1. The van der Waals surface area contributed by atoms with Crippen LogP contribution in [-0.2, 0) is 16.1 Å². The molecular formula is C14H23N3O2S. The molecule has 0 spiro atoms. The average Bonchev–Trinajstić information content (AvgIpc) is 2.91. The Kier molecular flexibility index (Phi) is 5.54. The third-order valence-corrected chi connectivity index (χ3v) is 4.28. The van der Waals surface area contributed by atoms with Crippen molar-refractivity contribution < 1.29 is 9.53 Å². The van der Waals surface area contributed by atoms with Crippen LogP contribution in [0, 0.1) is 0 Å². The molecule has 1 fully saturated rings. The standard InChI is InChI=1S/C14H23N3O2S/c1-11(15)13-8-17(4-5-19-13)9-14(18)16(2)7-12-3-6-20-10-12/h3,6,10-11,13H,4-5,7-9,15H2,1-2H3. The monoisotopic (exact) mass is 297 g/mol. The Morgan fingerprint density at radius 1 is 1.70 bits per heavy atom. The molecule has 2 unspecified atom stereocenters. The molecule has 1 aromatic rings. The Morgan fingerprint density at radius 2 is 2.50 bits per heavy atom. The van der Waals surface area contributed by atoms with Crippen LogP contribution in [0.1, 0.15) is 12.5 Å². The second-order valence-corrected chi connectivity index (χ2v) is 6.16. The summed E-state index contributed by atoms with van der Waals surface area (Å²) >= 11 is 1.65. The predicted molar refractivity (Wildman–Crippen MR) is 80.6 cm³/mol. The van der Waals surface area contributed by atoms with Gasteiger partial charge in [-0.15, -0.1) is 0 Å². The molecule has 1 aliphatic heterocycles. The first-order valence-corrected chi connectivity index (χ1v) is 7.85. The number of carbonyl (C=O) groups excluding carboxylic acids is 1. The molecule has 1 saturated heterocycles. The van der Waals surface area contributed by atoms with E-state index in [4.69, 9.17) is 10.5 Å². The van der Waals surface area contributed by atoms with Crippen LogP contribution in [-0.4, -0.2) is 61.1 Å². The summed E-state index contributed by atoms with van der Waals surface area (Å²) in [4.78, 5) is 16.1. The number of rotatable bonds is 5. The number of nitrogens with zero attached hydrogens (tertiary/aromatic N) is 2. The molecule has 2 atom stereocenters. The predicted octanol–water partition coefficient (Wildman–Crippen LogP) is 0.755. The molecule has 20 heavy (non-hydrogen) atoms. The van der Waals surface area contributed by atoms with Gasteiger partial charge in [0.05, 0.1) is 19.3 Å². The maximum absolute atomic E-state index is 12.2. The normalized spacial score (nSPS) is 21.6. The van der Waals surface area contributed by atoms with E-state index in [1.165, 1.54) is 5.56 Å². The van der Waals surface area contributed by atoms with E-state index in [2.05, 4.69) is 16.3 Å². The number of morpholine rings is 1. The quantitative estimate of drug-likeness (QED) is 0.871. The second kappa shape index (κ2) is 7.17. The molecule has 112 valence electrons. The molecule has 0 saturated carbocycles. The highest BCUT2D eigenvalue weighted by Gasteiger charge is 2.25. The maximum atomic E-state index is 12.2. The van der Waals surface area contributed by atoms with Crippen molar-refractivity contribution in [2.45, 2.75) is 25.6 Å². The van der Waals surface area contributed by atoms with Gasteiger partial charge in [0.15, 0.2) is 0 Å². The molecule has 1 aromatic heterocycles. The first-order valence-electron chi connectivity index (χ1n) is 6.91. The van der Waals surface area contributed by atoms with Gasteiger partial charge in [0.2, 0.25) is 5.91 Å². The van der Waals surface area contributed by atoms with Gasteiger partial charge in [0.1, 0.15) is 0 Å². The second-order valence-electron chi connectivity index (χ2n) is 5.38. The highest BCUT2D eigenvalue weighted by molar-refractivity contribution is 7.07. The van der Waals surface area contributed by atoms with Crippen molar-refractivity contribution in [3.8, 4) is 0 Å². The van der Waals surface area contributed by atoms with Crippen molar-refractivity contribution in [2.75, 3.05) is 33.3 Å². The molecule has 2 heterocycles. The summed E-state index contributed by atoms with van der Waals surface area (Å²) in [6, 6.07) is 2.05. The lowest BCUT2D eigenvalue weighted by atomic mass is 10.1. The van der Waals surface area contributed by atoms with E-state index in [1.807, 2.05) is 19.4 Å². The molecule has 2 N–H and O–H groups in total. The van der Waals surface area contributed by atoms with Gasteiger partial charge in [-0.3, -0.25) is 9.69 Å². The van der Waals surface area contributed by atoms with Crippen LogP contribution in [0.5, 0.6) is 0 Å². The first-order chi connectivity index (χ1) is 9.56. The molecule has 0 radical (unpaired) electrons. The van der Waals surface area contributed by atoms with E-state index in [9.17, 15) is 4.79 Å². The minimum Gasteiger partial charge on any atom is -0.374 e. The Bertz CT molecular complexity index is 422. The van der Waals surface area contributed by atoms with Gasteiger partial charge in [-0.25, -0.2) is 0 Å². The summed E-state index contributed by atoms with van der Waals surface area (Å²) in [6.07, 6.45) is 0.0266. The van der Waals surface area contributed by atoms with Crippen molar-refractivity contribution in [2.24, 2.45) is 5.73 Å². The molecule has 0 aliphatic carbocycles. The molecule has 0 aromatic carbocycles. The fourth-order valence-corrected chi connectivity index (χ4v) is 2.91. The fourth-order valence-electron chi connectivity index (χ4n) is 2.25. The number of ether oxygens (including phenoxy) is 1. The van der Waals surface area contributed by atoms with E-state index < -0.39 is 0 Å². The summed E-state index contributed by atoms with van der Waals surface area (Å²) in [6.45, 7) is 5.22. The zero-order chi connectivity index (χ0) is 14.5. The van der Waals surface area contributed by atoms with E-state index in [0.29, 0.717) is 19.7 Å². The van der Waals surface area contributed by atoms with E-state index >= 15 is 0 Å². The maximum Gasteiger partial charge on any atom is 0.236 e. The Hall–Kier alpha value is -0.950. The van der Waals surface area contributed by atoms with Gasteiger partial charge in [-0.05, 0) is 29.3 Å². The van der Waals surface area contributed by atoms with Crippen LogP contribution in [0.2, 0.25) is 0 Å². The molecule has 0 bridgehead atoms. The Balaban J connectivity index is 1.81. The summed E-state index contributed by atoms with van der Waals surface area (Å²) in [7, 11) is 1.85. The van der Waals surface area contributed by atoms with Gasteiger partial charge < -0.3 is 15.4 Å². The summed E-state index contributed by atoms with van der Waals surface area (Å²) < 4.78 is 5.61. The van der Waals surface area contributed by atoms with Crippen LogP contribution >= 0.6 is 11.3 Å². The van der Waals surface area contributed by atoms with Gasteiger partial charge in [0, 0.05) is 32.7 Å². The third kappa shape index (κ3) is 4.28. The molecule has 1 amide bonds. The minimum absolute atomic E-state index is 0.00330. The van der Waals surface area contributed by atoms with E-state index in [0.717, 1.165) is 13.1 Å². The van der Waals surface area contributed by atoms with Gasteiger partial charge >= 0.3 is 0 Å². The smallest absolute Gasteiger partial charge is 0.236 e. The van der Waals surface area contributed by atoms with Crippen molar-refractivity contribution >= 4 is 17.2 Å². The van der Waals surface area contributed by atoms with Gasteiger partial charge in [0.25, 0.3) is 0 Å². The number of likely N-dealkylation sites (N-methyl/N-ethyl adjacent to an activating group) is 1. The number of nitrogens with two attached hydrogens (primary N) is 1. The van der Waals surface area contributed by atoms with Gasteiger partial charge in [-0.2, -0.15) is 11.3 Å². The minimum atomic E-state index is -0.00330. The highest BCUT2D eigenvalue weighted by Crippen LogP contribution is 2.10. The third-order valence-electron chi connectivity index (χ3n) is 3.55. The zero-order valence-electron chi connectivity index (χ0n) is 12.1. The fraction of sp³-hybridized carbons (Fsp3) is 0.643. The first kappa shape index (κ1) is 15.4. The van der Waals surface area contributed by atoms with Crippen LogP contribution in [0.25, 0.3) is 0 Å². The number of amides is 1. The lowest BCUT2D eigenvalue weighted by Gasteiger charge is -2.35. The largest absolute Gasteiger partial charge is 0.374 e. The van der Waals surface area contributed by atoms with Crippen molar-refractivity contribution in [1.29, 1.82) is 0 Å². The molecule has 6 heteroatoms. The molecular weight excluding hydrogens is 274 g/mol. The number of carbonyl (C=O) groups is 1. The van der Waals surface area contributed by atoms with Crippen molar-refractivity contribution in [3.63, 3.8) is 0 Å². The molecule has 1 aliphatic rings. The van der Waals surface area contributed by atoms with Crippen molar-refractivity contribution in [1.82, 2.24) is 9.80 Å². The number of thiophene rings is 1. The van der Waals surface area contributed by atoms with E-state index in [-0.39, 0.29) is 18.1 Å². The summed E-state index contributed by atoms with van der Waals surface area (Å²) in [5.41, 5.74) is 7.05. The number of hydrogen-bond acceptors (Lipinski definition) is 5. The summed E-state index contributed by atoms with van der Waals surface area (Å²) in [5, 5.41) is 4.10. The zero-order valence-corrected chi connectivity index (χ0v) is 12.9. The Morgan fingerprint density at radius 3 is 3.15 bits per heavy atom. The lowest BCUT2D eigenvalue weighted by molar-refractivity contribution is -0.133. The highest BCUT2D eigenvalue weighted by atomic mass is 32.1. The van der Waals surface area contributed by atoms with Crippen LogP contribution in [0.4, 0.5) is 0 Å².